The SMILES string of the molecule is Cc1ncccc1O[C@H]1CO[C@H]2[C@@H]1OC[C@@H]2NC(=O)NC1CCC(C)(C)CC1. The van der Waals surface area contributed by atoms with E-state index in [2.05, 4.69) is 29.5 Å². The zero-order chi connectivity index (χ0) is 19.7. The molecule has 7 nitrogen and oxygen atoms in total. The maximum absolute atomic E-state index is 12.5. The Morgan fingerprint density at radius 1 is 1.18 bits per heavy atom. The van der Waals surface area contributed by atoms with Crippen molar-refractivity contribution in [2.24, 2.45) is 5.41 Å². The highest BCUT2D eigenvalue weighted by Gasteiger charge is 2.49. The summed E-state index contributed by atoms with van der Waals surface area (Å²) in [5.74, 6) is 0.745. The molecule has 0 spiro atoms. The van der Waals surface area contributed by atoms with E-state index in [1.165, 1.54) is 0 Å². The predicted molar refractivity (Wildman–Crippen MR) is 104 cm³/mol. The van der Waals surface area contributed by atoms with Crippen LogP contribution in [-0.2, 0) is 9.47 Å². The molecule has 154 valence electrons. The van der Waals surface area contributed by atoms with Crippen molar-refractivity contribution < 1.29 is 19.0 Å². The van der Waals surface area contributed by atoms with Crippen molar-refractivity contribution in [3.05, 3.63) is 24.0 Å². The second-order valence-electron chi connectivity index (χ2n) is 9.00. The maximum Gasteiger partial charge on any atom is 0.315 e. The van der Waals surface area contributed by atoms with Crippen LogP contribution in [0.4, 0.5) is 4.79 Å². The first-order valence-electron chi connectivity index (χ1n) is 10.3. The molecule has 2 amide bonds. The fourth-order valence-corrected chi connectivity index (χ4v) is 4.39. The summed E-state index contributed by atoms with van der Waals surface area (Å²) >= 11 is 0. The van der Waals surface area contributed by atoms with Gasteiger partial charge in [-0.15, -0.1) is 0 Å². The summed E-state index contributed by atoms with van der Waals surface area (Å²) in [6.07, 6.45) is 5.54. The second kappa shape index (κ2) is 7.87. The Hall–Kier alpha value is -1.86. The van der Waals surface area contributed by atoms with Gasteiger partial charge in [0.2, 0.25) is 0 Å². The summed E-state index contributed by atoms with van der Waals surface area (Å²) in [4.78, 5) is 16.7. The summed E-state index contributed by atoms with van der Waals surface area (Å²) < 4.78 is 17.9. The number of hydrogen-bond donors (Lipinski definition) is 2. The van der Waals surface area contributed by atoms with Crippen molar-refractivity contribution >= 4 is 6.03 Å². The van der Waals surface area contributed by atoms with Crippen LogP contribution < -0.4 is 15.4 Å². The van der Waals surface area contributed by atoms with Crippen LogP contribution in [0.25, 0.3) is 0 Å². The van der Waals surface area contributed by atoms with Gasteiger partial charge in [-0.05, 0) is 50.2 Å². The molecule has 3 aliphatic rings. The minimum Gasteiger partial charge on any atom is -0.483 e. The van der Waals surface area contributed by atoms with Gasteiger partial charge in [-0.25, -0.2) is 4.79 Å². The van der Waals surface area contributed by atoms with Crippen LogP contribution >= 0.6 is 0 Å². The van der Waals surface area contributed by atoms with Crippen LogP contribution in [0.15, 0.2) is 18.3 Å². The van der Waals surface area contributed by atoms with E-state index in [0.29, 0.717) is 18.6 Å². The molecule has 1 aromatic rings. The molecule has 2 aliphatic heterocycles. The Morgan fingerprint density at radius 2 is 1.93 bits per heavy atom. The van der Waals surface area contributed by atoms with Crippen LogP contribution in [-0.4, -0.2) is 54.6 Å². The van der Waals surface area contributed by atoms with Crippen molar-refractivity contribution in [1.29, 1.82) is 0 Å². The Kier molecular flexibility index (Phi) is 5.47. The average molecular weight is 389 g/mol. The van der Waals surface area contributed by atoms with Crippen LogP contribution in [0.5, 0.6) is 5.75 Å². The molecule has 2 N–H and O–H groups in total. The quantitative estimate of drug-likeness (QED) is 0.827. The van der Waals surface area contributed by atoms with Gasteiger partial charge < -0.3 is 24.8 Å². The van der Waals surface area contributed by atoms with Crippen molar-refractivity contribution in [3.63, 3.8) is 0 Å². The van der Waals surface area contributed by atoms with Gasteiger partial charge in [0.15, 0.2) is 6.10 Å². The molecule has 1 aliphatic carbocycles. The molecule has 0 bridgehead atoms. The first-order valence-corrected chi connectivity index (χ1v) is 10.3. The number of ether oxygens (including phenoxy) is 3. The molecular weight excluding hydrogens is 358 g/mol. The van der Waals surface area contributed by atoms with Gasteiger partial charge in [0.1, 0.15) is 18.0 Å². The molecule has 4 atom stereocenters. The van der Waals surface area contributed by atoms with Gasteiger partial charge in [-0.3, -0.25) is 4.98 Å². The predicted octanol–water partition coefficient (Wildman–Crippen LogP) is 2.57. The third kappa shape index (κ3) is 4.25. The largest absolute Gasteiger partial charge is 0.483 e. The molecule has 1 aromatic heterocycles. The number of aromatic nitrogens is 1. The van der Waals surface area contributed by atoms with Gasteiger partial charge in [0.25, 0.3) is 0 Å². The molecule has 3 fully saturated rings. The third-order valence-corrected chi connectivity index (χ3v) is 6.24. The molecular formula is C21H31N3O4. The molecule has 0 unspecified atom stereocenters. The highest BCUT2D eigenvalue weighted by Crippen LogP contribution is 2.35. The lowest BCUT2D eigenvalue weighted by molar-refractivity contribution is 0.0299. The van der Waals surface area contributed by atoms with Gasteiger partial charge in [0, 0.05) is 12.2 Å². The number of carbonyl (C=O) groups excluding carboxylic acids is 1. The van der Waals surface area contributed by atoms with E-state index in [-0.39, 0.29) is 36.4 Å². The van der Waals surface area contributed by atoms with Crippen molar-refractivity contribution in [3.8, 4) is 5.75 Å². The van der Waals surface area contributed by atoms with E-state index in [4.69, 9.17) is 14.2 Å². The molecule has 0 radical (unpaired) electrons. The maximum atomic E-state index is 12.5. The number of urea groups is 1. The smallest absolute Gasteiger partial charge is 0.315 e. The fraction of sp³-hybridized carbons (Fsp3) is 0.714. The number of amides is 2. The zero-order valence-electron chi connectivity index (χ0n) is 16.9. The Balaban J connectivity index is 1.27. The lowest BCUT2D eigenvalue weighted by atomic mass is 9.76. The van der Waals surface area contributed by atoms with Gasteiger partial charge >= 0.3 is 6.03 Å². The average Bonchev–Trinajstić information content (AvgIpc) is 3.23. The molecule has 4 rings (SSSR count). The normalized spacial score (nSPS) is 32.0. The Labute approximate surface area is 166 Å². The van der Waals surface area contributed by atoms with E-state index in [1.807, 2.05) is 19.1 Å². The summed E-state index contributed by atoms with van der Waals surface area (Å²) in [6, 6.07) is 3.72. The fourth-order valence-electron chi connectivity index (χ4n) is 4.39. The van der Waals surface area contributed by atoms with E-state index in [1.54, 1.807) is 6.20 Å². The van der Waals surface area contributed by atoms with Crippen molar-refractivity contribution in [1.82, 2.24) is 15.6 Å². The number of fused-ring (bicyclic) bond motifs is 1. The third-order valence-electron chi connectivity index (χ3n) is 6.24. The van der Waals surface area contributed by atoms with Gasteiger partial charge in [0.05, 0.1) is 24.9 Å². The van der Waals surface area contributed by atoms with Gasteiger partial charge in [-0.1, -0.05) is 13.8 Å². The minimum absolute atomic E-state index is 0.130. The molecule has 28 heavy (non-hydrogen) atoms. The first-order chi connectivity index (χ1) is 13.4. The molecule has 2 saturated heterocycles. The number of hydrogen-bond acceptors (Lipinski definition) is 5. The van der Waals surface area contributed by atoms with Crippen LogP contribution in [0.1, 0.15) is 45.2 Å². The zero-order valence-corrected chi connectivity index (χ0v) is 16.9. The minimum atomic E-state index is -0.191. The van der Waals surface area contributed by atoms with E-state index in [9.17, 15) is 4.79 Å². The summed E-state index contributed by atoms with van der Waals surface area (Å²) in [5, 5.41) is 6.17. The van der Waals surface area contributed by atoms with Crippen LogP contribution in [0.3, 0.4) is 0 Å². The van der Waals surface area contributed by atoms with Crippen molar-refractivity contribution in [2.45, 2.75) is 76.9 Å². The second-order valence-corrected chi connectivity index (χ2v) is 9.00. The van der Waals surface area contributed by atoms with Crippen molar-refractivity contribution in [2.75, 3.05) is 13.2 Å². The molecule has 0 aromatic carbocycles. The summed E-state index contributed by atoms with van der Waals surface area (Å²) in [7, 11) is 0. The number of nitrogens with one attached hydrogen (secondary N) is 2. The van der Waals surface area contributed by atoms with E-state index < -0.39 is 0 Å². The van der Waals surface area contributed by atoms with Gasteiger partial charge in [-0.2, -0.15) is 0 Å². The molecule has 7 heteroatoms. The topological polar surface area (TPSA) is 81.7 Å². The van der Waals surface area contributed by atoms with Crippen LogP contribution in [0, 0.1) is 12.3 Å². The number of rotatable bonds is 4. The Bertz CT molecular complexity index is 701. The number of carbonyl (C=O) groups is 1. The monoisotopic (exact) mass is 389 g/mol. The van der Waals surface area contributed by atoms with Crippen LogP contribution in [0.2, 0.25) is 0 Å². The van der Waals surface area contributed by atoms with E-state index >= 15 is 0 Å². The highest BCUT2D eigenvalue weighted by molar-refractivity contribution is 5.74. The molecule has 3 heterocycles. The number of pyridine rings is 1. The Morgan fingerprint density at radius 3 is 2.68 bits per heavy atom. The molecule has 1 saturated carbocycles. The number of aryl methyl sites for hydroxylation is 1. The first kappa shape index (κ1) is 19.5. The lowest BCUT2D eigenvalue weighted by Gasteiger charge is -2.34. The summed E-state index contributed by atoms with van der Waals surface area (Å²) in [5.41, 5.74) is 1.23. The summed E-state index contributed by atoms with van der Waals surface area (Å²) in [6.45, 7) is 7.39. The standard InChI is InChI=1S/C21H31N3O4/c1-13-16(5-4-10-22-13)28-17-12-27-18-15(11-26-19(17)18)24-20(25)23-14-6-8-21(2,3)9-7-14/h4-5,10,14-15,17-19H,6-9,11-12H2,1-3H3,(H2,23,24,25)/t15-,17-,18+,19+/m0/s1. The van der Waals surface area contributed by atoms with E-state index in [0.717, 1.165) is 37.1 Å². The lowest BCUT2D eigenvalue weighted by Crippen LogP contribution is -2.51. The number of nitrogens with zero attached hydrogens (tertiary/aromatic N) is 1. The highest BCUT2D eigenvalue weighted by atomic mass is 16.6.